The van der Waals surface area contributed by atoms with Gasteiger partial charge < -0.3 is 19.3 Å². The van der Waals surface area contributed by atoms with Gasteiger partial charge in [0.2, 0.25) is 0 Å². The average molecular weight is 248 g/mol. The molecule has 1 N–H and O–H groups in total. The normalized spacial score (nSPS) is 10.4. The van der Waals surface area contributed by atoms with Gasteiger partial charge in [0.25, 0.3) is 0 Å². The molecule has 0 bridgehead atoms. The molecule has 96 valence electrons. The fraction of sp³-hybridized carbons (Fsp3) is 0.286. The van der Waals surface area contributed by atoms with Crippen LogP contribution in [0.25, 0.3) is 10.8 Å². The molecule has 0 saturated heterocycles. The number of fused-ring (bicyclic) bond motifs is 1. The summed E-state index contributed by atoms with van der Waals surface area (Å²) in [5, 5.41) is 10.6. The summed E-state index contributed by atoms with van der Waals surface area (Å²) in [6.07, 6.45) is 0. The Balaban J connectivity index is 2.64. The Hall–Kier alpha value is -1.94. The maximum absolute atomic E-state index is 8.85. The topological polar surface area (TPSA) is 47.9 Å². The average Bonchev–Trinajstić information content (AvgIpc) is 2.43. The van der Waals surface area contributed by atoms with E-state index in [0.29, 0.717) is 5.75 Å². The maximum atomic E-state index is 8.85. The first-order valence-electron chi connectivity index (χ1n) is 5.69. The first kappa shape index (κ1) is 12.5. The van der Waals surface area contributed by atoms with Crippen molar-refractivity contribution >= 4 is 10.8 Å². The van der Waals surface area contributed by atoms with Crippen molar-refractivity contribution in [3.05, 3.63) is 30.3 Å². The molecule has 2 aromatic carbocycles. The van der Waals surface area contributed by atoms with Gasteiger partial charge in [-0.2, -0.15) is 0 Å². The van der Waals surface area contributed by atoms with Gasteiger partial charge in [0.1, 0.15) is 23.9 Å². The van der Waals surface area contributed by atoms with Crippen molar-refractivity contribution in [1.29, 1.82) is 0 Å². The van der Waals surface area contributed by atoms with E-state index in [1.54, 1.807) is 14.2 Å². The zero-order valence-corrected chi connectivity index (χ0v) is 10.5. The first-order valence-corrected chi connectivity index (χ1v) is 5.69. The van der Waals surface area contributed by atoms with E-state index in [1.165, 1.54) is 0 Å². The predicted molar refractivity (Wildman–Crippen MR) is 69.6 cm³/mol. The molecule has 4 nitrogen and oxygen atoms in total. The van der Waals surface area contributed by atoms with Crippen molar-refractivity contribution in [2.24, 2.45) is 0 Å². The second kappa shape index (κ2) is 5.60. The highest BCUT2D eigenvalue weighted by atomic mass is 16.5. The Bertz CT molecular complexity index is 537. The van der Waals surface area contributed by atoms with Crippen LogP contribution in [0.15, 0.2) is 30.3 Å². The molecule has 0 unspecified atom stereocenters. The van der Waals surface area contributed by atoms with Crippen LogP contribution in [0.4, 0.5) is 0 Å². The fourth-order valence-electron chi connectivity index (χ4n) is 1.94. The number of ether oxygens (including phenoxy) is 3. The quantitative estimate of drug-likeness (QED) is 0.881. The monoisotopic (exact) mass is 248 g/mol. The number of hydrogen-bond donors (Lipinski definition) is 1. The molecule has 0 aliphatic carbocycles. The van der Waals surface area contributed by atoms with Gasteiger partial charge in [-0.05, 0) is 18.2 Å². The predicted octanol–water partition coefficient (Wildman–Crippen LogP) is 2.23. The molecule has 18 heavy (non-hydrogen) atoms. The van der Waals surface area contributed by atoms with E-state index >= 15 is 0 Å². The van der Waals surface area contributed by atoms with E-state index in [1.807, 2.05) is 30.3 Å². The van der Waals surface area contributed by atoms with Gasteiger partial charge in [0, 0.05) is 5.39 Å². The molecule has 0 atom stereocenters. The third-order valence-electron chi connectivity index (χ3n) is 2.71. The molecule has 0 aliphatic rings. The molecule has 0 heterocycles. The van der Waals surface area contributed by atoms with Crippen molar-refractivity contribution in [2.45, 2.75) is 0 Å². The summed E-state index contributed by atoms with van der Waals surface area (Å²) >= 11 is 0. The largest absolute Gasteiger partial charge is 0.496 e. The highest BCUT2D eigenvalue weighted by Crippen LogP contribution is 2.38. The molecule has 0 fully saturated rings. The van der Waals surface area contributed by atoms with Crippen LogP contribution < -0.4 is 14.2 Å². The molecule has 0 spiro atoms. The maximum Gasteiger partial charge on any atom is 0.131 e. The van der Waals surface area contributed by atoms with Crippen molar-refractivity contribution < 1.29 is 19.3 Å². The zero-order chi connectivity index (χ0) is 13.0. The lowest BCUT2D eigenvalue weighted by molar-refractivity contribution is 0.202. The molecule has 0 aromatic heterocycles. The van der Waals surface area contributed by atoms with E-state index in [2.05, 4.69) is 0 Å². The molecular formula is C14H16O4. The third-order valence-corrected chi connectivity index (χ3v) is 2.71. The molecule has 2 aromatic rings. The van der Waals surface area contributed by atoms with Gasteiger partial charge in [-0.15, -0.1) is 0 Å². The minimum Gasteiger partial charge on any atom is -0.496 e. The Morgan fingerprint density at radius 2 is 1.67 bits per heavy atom. The fourth-order valence-corrected chi connectivity index (χ4v) is 1.94. The Morgan fingerprint density at radius 3 is 2.33 bits per heavy atom. The smallest absolute Gasteiger partial charge is 0.131 e. The van der Waals surface area contributed by atoms with Crippen molar-refractivity contribution in [3.63, 3.8) is 0 Å². The summed E-state index contributed by atoms with van der Waals surface area (Å²) in [4.78, 5) is 0. The van der Waals surface area contributed by atoms with Crippen molar-refractivity contribution in [2.75, 3.05) is 27.4 Å². The summed E-state index contributed by atoms with van der Waals surface area (Å²) < 4.78 is 16.2. The molecule has 0 saturated carbocycles. The van der Waals surface area contributed by atoms with Gasteiger partial charge >= 0.3 is 0 Å². The van der Waals surface area contributed by atoms with Crippen LogP contribution in [0.2, 0.25) is 0 Å². The van der Waals surface area contributed by atoms with Gasteiger partial charge in [0.15, 0.2) is 0 Å². The second-order valence-corrected chi connectivity index (χ2v) is 3.72. The second-order valence-electron chi connectivity index (χ2n) is 3.72. The lowest BCUT2D eigenvalue weighted by Crippen LogP contribution is -2.02. The van der Waals surface area contributed by atoms with E-state index in [0.717, 1.165) is 22.3 Å². The Morgan fingerprint density at radius 1 is 0.944 bits per heavy atom. The van der Waals surface area contributed by atoms with Crippen LogP contribution in [0, 0.1) is 0 Å². The number of hydrogen-bond acceptors (Lipinski definition) is 4. The number of rotatable bonds is 5. The highest BCUT2D eigenvalue weighted by molar-refractivity contribution is 5.97. The van der Waals surface area contributed by atoms with Gasteiger partial charge in [-0.25, -0.2) is 0 Å². The van der Waals surface area contributed by atoms with E-state index in [4.69, 9.17) is 19.3 Å². The van der Waals surface area contributed by atoms with E-state index in [9.17, 15) is 0 Å². The first-order chi connectivity index (χ1) is 8.81. The molecule has 0 amide bonds. The number of aliphatic hydroxyl groups excluding tert-OH is 1. The van der Waals surface area contributed by atoms with E-state index < -0.39 is 0 Å². The minimum atomic E-state index is -0.0251. The molecule has 0 aliphatic heterocycles. The number of benzene rings is 2. The van der Waals surface area contributed by atoms with Gasteiger partial charge in [-0.1, -0.05) is 12.1 Å². The van der Waals surface area contributed by atoms with Crippen LogP contribution in [0.5, 0.6) is 17.2 Å². The van der Waals surface area contributed by atoms with Crippen LogP contribution >= 0.6 is 0 Å². The third kappa shape index (κ3) is 2.19. The SMILES string of the molecule is COc1ccc(OC)c2c(OCCO)cccc12. The molecular weight excluding hydrogens is 232 g/mol. The Labute approximate surface area is 106 Å². The van der Waals surface area contributed by atoms with Crippen molar-refractivity contribution in [3.8, 4) is 17.2 Å². The van der Waals surface area contributed by atoms with Gasteiger partial charge in [0.05, 0.1) is 26.2 Å². The lowest BCUT2D eigenvalue weighted by Gasteiger charge is -2.13. The zero-order valence-electron chi connectivity index (χ0n) is 10.5. The van der Waals surface area contributed by atoms with Crippen LogP contribution in [-0.4, -0.2) is 32.5 Å². The van der Waals surface area contributed by atoms with Crippen LogP contribution in [-0.2, 0) is 0 Å². The van der Waals surface area contributed by atoms with Gasteiger partial charge in [-0.3, -0.25) is 0 Å². The summed E-state index contributed by atoms with van der Waals surface area (Å²) in [7, 11) is 3.24. The molecule has 4 heteroatoms. The summed E-state index contributed by atoms with van der Waals surface area (Å²) in [5.41, 5.74) is 0. The molecule has 0 radical (unpaired) electrons. The summed E-state index contributed by atoms with van der Waals surface area (Å²) in [5.74, 6) is 2.16. The van der Waals surface area contributed by atoms with Crippen molar-refractivity contribution in [1.82, 2.24) is 0 Å². The standard InChI is InChI=1S/C14H16O4/c1-16-11-6-7-12(17-2)14-10(11)4-3-5-13(14)18-9-8-15/h3-7,15H,8-9H2,1-2H3. The molecule has 2 rings (SSSR count). The van der Waals surface area contributed by atoms with Crippen LogP contribution in [0.1, 0.15) is 0 Å². The minimum absolute atomic E-state index is 0.0251. The summed E-state index contributed by atoms with van der Waals surface area (Å²) in [6, 6.07) is 9.38. The lowest BCUT2D eigenvalue weighted by atomic mass is 10.1. The highest BCUT2D eigenvalue weighted by Gasteiger charge is 2.11. The number of aliphatic hydroxyl groups is 1. The summed E-state index contributed by atoms with van der Waals surface area (Å²) in [6.45, 7) is 0.224. The van der Waals surface area contributed by atoms with Crippen LogP contribution in [0.3, 0.4) is 0 Å². The Kier molecular flexibility index (Phi) is 3.89. The number of methoxy groups -OCH3 is 2. The van der Waals surface area contributed by atoms with E-state index in [-0.39, 0.29) is 13.2 Å².